The van der Waals surface area contributed by atoms with Gasteiger partial charge in [-0.1, -0.05) is 23.7 Å². The molecule has 0 heterocycles. The monoisotopic (exact) mass is 292 g/mol. The minimum atomic E-state index is -0.806. The molecular weight excluding hydrogens is 276 g/mol. The van der Waals surface area contributed by atoms with Crippen molar-refractivity contribution < 1.29 is 10.2 Å². The molecule has 0 radical (unpaired) electrons. The molecule has 0 spiro atoms. The molecule has 0 aliphatic carbocycles. The number of benzene rings is 2. The molecule has 0 fully saturated rings. The molecule has 5 N–H and O–H groups in total. The van der Waals surface area contributed by atoms with Crippen molar-refractivity contribution in [3.63, 3.8) is 0 Å². The van der Waals surface area contributed by atoms with Crippen molar-refractivity contribution in [3.05, 3.63) is 47.5 Å². The van der Waals surface area contributed by atoms with Crippen LogP contribution in [0.3, 0.4) is 0 Å². The van der Waals surface area contributed by atoms with Crippen LogP contribution in [0.4, 0.5) is 11.4 Å². The van der Waals surface area contributed by atoms with Crippen LogP contribution in [-0.4, -0.2) is 29.5 Å². The molecule has 0 bridgehead atoms. The second-order valence-corrected chi connectivity index (χ2v) is 4.97. The average Bonchev–Trinajstić information content (AvgIpc) is 2.45. The third-order valence-electron chi connectivity index (χ3n) is 2.92. The van der Waals surface area contributed by atoms with Crippen molar-refractivity contribution >= 4 is 23.0 Å². The van der Waals surface area contributed by atoms with Crippen LogP contribution in [0.1, 0.15) is 0 Å². The molecule has 4 nitrogen and oxygen atoms in total. The van der Waals surface area contributed by atoms with Gasteiger partial charge in [-0.25, -0.2) is 0 Å². The van der Waals surface area contributed by atoms with E-state index in [1.165, 1.54) is 0 Å². The number of anilines is 2. The predicted molar refractivity (Wildman–Crippen MR) is 82.9 cm³/mol. The van der Waals surface area contributed by atoms with Crippen molar-refractivity contribution in [2.24, 2.45) is 0 Å². The number of nitrogen functional groups attached to an aromatic ring is 1. The Morgan fingerprint density at radius 1 is 1.20 bits per heavy atom. The number of aliphatic hydroxyl groups is 2. The van der Waals surface area contributed by atoms with Crippen molar-refractivity contribution in [1.82, 2.24) is 0 Å². The molecule has 0 aliphatic rings. The SMILES string of the molecule is Nc1ccc(NCC(O)CO)c(-c2cccc(Cl)c2)c1. The summed E-state index contributed by atoms with van der Waals surface area (Å²) in [6.45, 7) is -0.0253. The van der Waals surface area contributed by atoms with Crippen LogP contribution in [0.25, 0.3) is 11.1 Å². The summed E-state index contributed by atoms with van der Waals surface area (Å²) < 4.78 is 0. The van der Waals surface area contributed by atoms with E-state index in [-0.39, 0.29) is 13.2 Å². The highest BCUT2D eigenvalue weighted by Gasteiger charge is 2.08. The van der Waals surface area contributed by atoms with E-state index in [0.29, 0.717) is 10.7 Å². The van der Waals surface area contributed by atoms with E-state index in [9.17, 15) is 5.11 Å². The lowest BCUT2D eigenvalue weighted by Crippen LogP contribution is -2.23. The van der Waals surface area contributed by atoms with Gasteiger partial charge in [0, 0.05) is 28.5 Å². The predicted octanol–water partition coefficient (Wildman–Crippen LogP) is 2.35. The highest BCUT2D eigenvalue weighted by Crippen LogP contribution is 2.31. The smallest absolute Gasteiger partial charge is 0.0942 e. The maximum absolute atomic E-state index is 9.42. The number of hydrogen-bond acceptors (Lipinski definition) is 4. The van der Waals surface area contributed by atoms with E-state index >= 15 is 0 Å². The summed E-state index contributed by atoms with van der Waals surface area (Å²) >= 11 is 6.01. The topological polar surface area (TPSA) is 78.5 Å². The third-order valence-corrected chi connectivity index (χ3v) is 3.15. The average molecular weight is 293 g/mol. The molecule has 1 unspecified atom stereocenters. The van der Waals surface area contributed by atoms with E-state index in [1.807, 2.05) is 30.3 Å². The van der Waals surface area contributed by atoms with Crippen LogP contribution in [0, 0.1) is 0 Å². The van der Waals surface area contributed by atoms with E-state index in [4.69, 9.17) is 22.4 Å². The summed E-state index contributed by atoms with van der Waals surface area (Å²) in [4.78, 5) is 0. The zero-order valence-electron chi connectivity index (χ0n) is 10.9. The van der Waals surface area contributed by atoms with Gasteiger partial charge in [-0.15, -0.1) is 0 Å². The summed E-state index contributed by atoms with van der Waals surface area (Å²) in [6, 6.07) is 12.9. The molecule has 106 valence electrons. The molecule has 0 saturated carbocycles. The van der Waals surface area contributed by atoms with Gasteiger partial charge >= 0.3 is 0 Å². The molecule has 0 saturated heterocycles. The van der Waals surface area contributed by atoms with Gasteiger partial charge in [0.25, 0.3) is 0 Å². The fourth-order valence-corrected chi connectivity index (χ4v) is 2.09. The first-order valence-corrected chi connectivity index (χ1v) is 6.66. The first-order valence-electron chi connectivity index (χ1n) is 6.28. The number of nitrogens with two attached hydrogens (primary N) is 1. The quantitative estimate of drug-likeness (QED) is 0.638. The van der Waals surface area contributed by atoms with Gasteiger partial charge in [-0.05, 0) is 35.9 Å². The van der Waals surface area contributed by atoms with Crippen molar-refractivity contribution in [2.45, 2.75) is 6.10 Å². The minimum absolute atomic E-state index is 0.258. The molecule has 1 atom stereocenters. The molecule has 0 aliphatic heterocycles. The number of rotatable bonds is 5. The van der Waals surface area contributed by atoms with Gasteiger partial charge in [0.2, 0.25) is 0 Å². The largest absolute Gasteiger partial charge is 0.399 e. The Bertz CT molecular complexity index is 590. The Kier molecular flexibility index (Phi) is 4.84. The molecule has 20 heavy (non-hydrogen) atoms. The number of halogens is 1. The van der Waals surface area contributed by atoms with Crippen molar-refractivity contribution in [3.8, 4) is 11.1 Å². The molecule has 2 aromatic carbocycles. The zero-order valence-corrected chi connectivity index (χ0v) is 11.6. The van der Waals surface area contributed by atoms with Gasteiger partial charge in [-0.2, -0.15) is 0 Å². The first-order chi connectivity index (χ1) is 9.60. The van der Waals surface area contributed by atoms with Crippen LogP contribution in [-0.2, 0) is 0 Å². The summed E-state index contributed by atoms with van der Waals surface area (Å²) in [5, 5.41) is 22.0. The Labute approximate surface area is 122 Å². The Morgan fingerprint density at radius 3 is 2.70 bits per heavy atom. The lowest BCUT2D eigenvalue weighted by molar-refractivity contribution is 0.105. The van der Waals surface area contributed by atoms with E-state index in [0.717, 1.165) is 16.8 Å². The first kappa shape index (κ1) is 14.7. The Hall–Kier alpha value is -1.75. The molecule has 0 aromatic heterocycles. The highest BCUT2D eigenvalue weighted by atomic mass is 35.5. The molecular formula is C15H17ClN2O2. The number of nitrogens with one attached hydrogen (secondary N) is 1. The van der Waals surface area contributed by atoms with E-state index in [2.05, 4.69) is 5.32 Å². The second-order valence-electron chi connectivity index (χ2n) is 4.53. The van der Waals surface area contributed by atoms with Crippen molar-refractivity contribution in [2.75, 3.05) is 24.2 Å². The lowest BCUT2D eigenvalue weighted by Gasteiger charge is -2.15. The molecule has 5 heteroatoms. The van der Waals surface area contributed by atoms with Crippen molar-refractivity contribution in [1.29, 1.82) is 0 Å². The summed E-state index contributed by atoms with van der Waals surface area (Å²) in [5.74, 6) is 0. The summed E-state index contributed by atoms with van der Waals surface area (Å²) in [6.07, 6.45) is -0.806. The lowest BCUT2D eigenvalue weighted by atomic mass is 10.0. The fraction of sp³-hybridized carbons (Fsp3) is 0.200. The summed E-state index contributed by atoms with van der Waals surface area (Å²) in [5.41, 5.74) is 9.15. The van der Waals surface area contributed by atoms with Gasteiger partial charge < -0.3 is 21.3 Å². The van der Waals surface area contributed by atoms with E-state index < -0.39 is 6.10 Å². The maximum Gasteiger partial charge on any atom is 0.0942 e. The Balaban J connectivity index is 2.33. The van der Waals surface area contributed by atoms with Crippen LogP contribution in [0.15, 0.2) is 42.5 Å². The molecule has 2 aromatic rings. The minimum Gasteiger partial charge on any atom is -0.399 e. The van der Waals surface area contributed by atoms with Crippen LogP contribution in [0.2, 0.25) is 5.02 Å². The number of hydrogen-bond donors (Lipinski definition) is 4. The van der Waals surface area contributed by atoms with Gasteiger partial charge in [0.05, 0.1) is 12.7 Å². The number of aliphatic hydroxyl groups excluding tert-OH is 2. The maximum atomic E-state index is 9.42. The molecule has 2 rings (SSSR count). The fourth-order valence-electron chi connectivity index (χ4n) is 1.90. The van der Waals surface area contributed by atoms with Crippen LogP contribution >= 0.6 is 11.6 Å². The molecule has 0 amide bonds. The van der Waals surface area contributed by atoms with Gasteiger partial charge in [0.1, 0.15) is 0 Å². The normalized spacial score (nSPS) is 12.2. The van der Waals surface area contributed by atoms with Crippen LogP contribution < -0.4 is 11.1 Å². The van der Waals surface area contributed by atoms with Gasteiger partial charge in [0.15, 0.2) is 0 Å². The van der Waals surface area contributed by atoms with E-state index in [1.54, 1.807) is 12.1 Å². The highest BCUT2D eigenvalue weighted by molar-refractivity contribution is 6.30. The van der Waals surface area contributed by atoms with Gasteiger partial charge in [-0.3, -0.25) is 0 Å². The van der Waals surface area contributed by atoms with Crippen LogP contribution in [0.5, 0.6) is 0 Å². The summed E-state index contributed by atoms with van der Waals surface area (Å²) in [7, 11) is 0. The third kappa shape index (κ3) is 3.63. The standard InChI is InChI=1S/C15H17ClN2O2/c16-11-3-1-2-10(6-11)14-7-12(17)4-5-15(14)18-8-13(20)9-19/h1-7,13,18-20H,8-9,17H2. The second kappa shape index (κ2) is 6.61. The Morgan fingerprint density at radius 2 is 2.00 bits per heavy atom. The zero-order chi connectivity index (χ0) is 14.5.